The van der Waals surface area contributed by atoms with E-state index in [1.54, 1.807) is 6.92 Å². The summed E-state index contributed by atoms with van der Waals surface area (Å²) in [6.07, 6.45) is 9.84. The molecule has 2 aliphatic rings. The second-order valence-corrected chi connectivity index (χ2v) is 10.1. The standard InChI is InChI=1S/C28H37N5O/c1-21(29)26(34)31-27-30-24-13-7-8-14-25(24)33(27)23-15-19-32(20-16-23)28(17-9-2-3-10-18-28)22-11-5-4-6-12-22/h4-8,11-14,21,23H,2-3,9-10,15-20,29H2,1H3,(H,30,31,34)/t21-/m0/s1. The Kier molecular flexibility index (Phi) is 6.70. The summed E-state index contributed by atoms with van der Waals surface area (Å²) < 4.78 is 2.25. The van der Waals surface area contributed by atoms with E-state index in [0.29, 0.717) is 12.0 Å². The van der Waals surface area contributed by atoms with Crippen molar-refractivity contribution in [1.29, 1.82) is 0 Å². The van der Waals surface area contributed by atoms with Crippen molar-refractivity contribution in [2.75, 3.05) is 18.4 Å². The highest BCUT2D eigenvalue weighted by atomic mass is 16.2. The van der Waals surface area contributed by atoms with Crippen molar-refractivity contribution in [2.45, 2.75) is 75.9 Å². The molecule has 2 fully saturated rings. The zero-order chi connectivity index (χ0) is 23.5. The van der Waals surface area contributed by atoms with Gasteiger partial charge in [-0.25, -0.2) is 4.98 Å². The molecule has 1 saturated heterocycles. The number of hydrogen-bond donors (Lipinski definition) is 2. The molecule has 3 N–H and O–H groups in total. The van der Waals surface area contributed by atoms with Crippen molar-refractivity contribution >= 4 is 22.9 Å². The Morgan fingerprint density at radius 1 is 1.00 bits per heavy atom. The number of rotatable bonds is 5. The van der Waals surface area contributed by atoms with Gasteiger partial charge in [-0.1, -0.05) is 68.1 Å². The normalized spacial score (nSPS) is 20.6. The van der Waals surface area contributed by atoms with Gasteiger partial charge in [0.05, 0.1) is 17.1 Å². The van der Waals surface area contributed by atoms with Gasteiger partial charge < -0.3 is 10.3 Å². The van der Waals surface area contributed by atoms with Gasteiger partial charge in [-0.3, -0.25) is 15.0 Å². The van der Waals surface area contributed by atoms with E-state index in [4.69, 9.17) is 10.7 Å². The van der Waals surface area contributed by atoms with E-state index in [1.165, 1.54) is 44.1 Å². The highest BCUT2D eigenvalue weighted by molar-refractivity contribution is 5.94. The lowest BCUT2D eigenvalue weighted by molar-refractivity contribution is -0.117. The largest absolute Gasteiger partial charge is 0.320 e. The number of benzene rings is 2. The van der Waals surface area contributed by atoms with Crippen molar-refractivity contribution in [3.05, 3.63) is 60.2 Å². The number of piperidine rings is 1. The number of aromatic nitrogens is 2. The maximum atomic E-state index is 12.4. The lowest BCUT2D eigenvalue weighted by atomic mass is 9.79. The average Bonchev–Trinajstić information content (AvgIpc) is 3.04. The summed E-state index contributed by atoms with van der Waals surface area (Å²) in [6.45, 7) is 3.80. The van der Waals surface area contributed by atoms with Crippen molar-refractivity contribution < 1.29 is 4.79 Å². The van der Waals surface area contributed by atoms with Crippen molar-refractivity contribution in [3.63, 3.8) is 0 Å². The van der Waals surface area contributed by atoms with Crippen LogP contribution < -0.4 is 11.1 Å². The molecule has 0 bridgehead atoms. The number of likely N-dealkylation sites (tertiary alicyclic amines) is 1. The smallest absolute Gasteiger partial charge is 0.243 e. The Balaban J connectivity index is 1.42. The number of amides is 1. The predicted octanol–water partition coefficient (Wildman–Crippen LogP) is 5.21. The Hall–Kier alpha value is -2.70. The third kappa shape index (κ3) is 4.37. The molecular weight excluding hydrogens is 422 g/mol. The first kappa shape index (κ1) is 23.1. The first-order chi connectivity index (χ1) is 16.6. The summed E-state index contributed by atoms with van der Waals surface area (Å²) in [5.74, 6) is 0.421. The fraction of sp³-hybridized carbons (Fsp3) is 0.500. The Labute approximate surface area is 202 Å². The molecule has 5 rings (SSSR count). The van der Waals surface area contributed by atoms with Crippen molar-refractivity contribution in [2.24, 2.45) is 5.73 Å². The molecule has 1 aromatic heterocycles. The van der Waals surface area contributed by atoms with Crippen molar-refractivity contribution in [1.82, 2.24) is 14.5 Å². The average molecular weight is 460 g/mol. The van der Waals surface area contributed by atoms with E-state index in [9.17, 15) is 4.79 Å². The summed E-state index contributed by atoms with van der Waals surface area (Å²) >= 11 is 0. The fourth-order valence-corrected chi connectivity index (χ4v) is 6.13. The number of nitrogens with two attached hydrogens (primary N) is 1. The molecule has 1 aliphatic heterocycles. The monoisotopic (exact) mass is 459 g/mol. The van der Waals surface area contributed by atoms with Gasteiger partial charge in [0, 0.05) is 24.7 Å². The predicted molar refractivity (Wildman–Crippen MR) is 138 cm³/mol. The molecule has 3 aromatic rings. The number of anilines is 1. The summed E-state index contributed by atoms with van der Waals surface area (Å²) in [6, 6.07) is 19.1. The molecule has 0 radical (unpaired) electrons. The molecule has 2 heterocycles. The van der Waals surface area contributed by atoms with Gasteiger partial charge in [0.1, 0.15) is 0 Å². The number of hydrogen-bond acceptors (Lipinski definition) is 4. The van der Waals surface area contributed by atoms with E-state index >= 15 is 0 Å². The number of imidazole rings is 1. The summed E-state index contributed by atoms with van der Waals surface area (Å²) in [5, 5.41) is 2.99. The summed E-state index contributed by atoms with van der Waals surface area (Å²) in [4.78, 5) is 19.9. The third-order valence-electron chi connectivity index (χ3n) is 7.92. The second kappa shape index (κ2) is 9.88. The first-order valence-electron chi connectivity index (χ1n) is 12.9. The Bertz CT molecular complexity index is 1110. The van der Waals surface area contributed by atoms with Crippen molar-refractivity contribution in [3.8, 4) is 0 Å². The van der Waals surface area contributed by atoms with Crippen LogP contribution in [-0.2, 0) is 10.3 Å². The molecule has 34 heavy (non-hydrogen) atoms. The SMILES string of the molecule is C[C@H](N)C(=O)Nc1nc2ccccc2n1C1CCN(C2(c3ccccc3)CCCCCC2)CC1. The van der Waals surface area contributed by atoms with Gasteiger partial charge >= 0.3 is 0 Å². The molecule has 0 spiro atoms. The fourth-order valence-electron chi connectivity index (χ4n) is 6.13. The van der Waals surface area contributed by atoms with E-state index in [-0.39, 0.29) is 11.4 Å². The van der Waals surface area contributed by atoms with Gasteiger partial charge in [-0.15, -0.1) is 0 Å². The summed E-state index contributed by atoms with van der Waals surface area (Å²) in [7, 11) is 0. The molecule has 1 amide bonds. The van der Waals surface area contributed by atoms with Gasteiger partial charge in [-0.05, 0) is 50.3 Å². The van der Waals surface area contributed by atoms with Gasteiger partial charge in [0.2, 0.25) is 11.9 Å². The zero-order valence-corrected chi connectivity index (χ0v) is 20.2. The van der Waals surface area contributed by atoms with E-state index < -0.39 is 6.04 Å². The van der Waals surface area contributed by atoms with Crippen LogP contribution in [0.5, 0.6) is 0 Å². The third-order valence-corrected chi connectivity index (χ3v) is 7.92. The molecule has 1 saturated carbocycles. The number of carbonyl (C=O) groups excluding carboxylic acids is 1. The molecule has 1 atom stereocenters. The molecule has 1 aliphatic carbocycles. The van der Waals surface area contributed by atoms with Crippen LogP contribution in [0.1, 0.15) is 69.9 Å². The van der Waals surface area contributed by atoms with Crippen LogP contribution in [0.4, 0.5) is 5.95 Å². The molecule has 2 aromatic carbocycles. The van der Waals surface area contributed by atoms with Crippen LogP contribution in [0.2, 0.25) is 0 Å². The van der Waals surface area contributed by atoms with Crippen LogP contribution in [-0.4, -0.2) is 39.5 Å². The van der Waals surface area contributed by atoms with Crippen LogP contribution in [0.3, 0.4) is 0 Å². The zero-order valence-electron chi connectivity index (χ0n) is 20.2. The minimum absolute atomic E-state index is 0.145. The number of carbonyl (C=O) groups is 1. The number of nitrogens with one attached hydrogen (secondary N) is 1. The van der Waals surface area contributed by atoms with Crippen LogP contribution in [0.15, 0.2) is 54.6 Å². The van der Waals surface area contributed by atoms with Gasteiger partial charge in [0.15, 0.2) is 0 Å². The molecule has 0 unspecified atom stereocenters. The van der Waals surface area contributed by atoms with Gasteiger partial charge in [-0.2, -0.15) is 0 Å². The molecule has 6 heteroatoms. The maximum absolute atomic E-state index is 12.4. The number of para-hydroxylation sites is 2. The number of nitrogens with zero attached hydrogens (tertiary/aromatic N) is 3. The first-order valence-corrected chi connectivity index (χ1v) is 12.9. The minimum atomic E-state index is -0.573. The quantitative estimate of drug-likeness (QED) is 0.514. The molecule has 6 nitrogen and oxygen atoms in total. The topological polar surface area (TPSA) is 76.2 Å². The van der Waals surface area contributed by atoms with Crippen LogP contribution in [0.25, 0.3) is 11.0 Å². The highest BCUT2D eigenvalue weighted by Crippen LogP contribution is 2.44. The highest BCUT2D eigenvalue weighted by Gasteiger charge is 2.40. The lowest BCUT2D eigenvalue weighted by Crippen LogP contribution is -2.50. The maximum Gasteiger partial charge on any atom is 0.243 e. The van der Waals surface area contributed by atoms with E-state index in [2.05, 4.69) is 51.2 Å². The van der Waals surface area contributed by atoms with Gasteiger partial charge in [0.25, 0.3) is 0 Å². The number of fused-ring (bicyclic) bond motifs is 1. The summed E-state index contributed by atoms with van der Waals surface area (Å²) in [5.41, 5.74) is 9.45. The molecule has 180 valence electrons. The van der Waals surface area contributed by atoms with E-state index in [0.717, 1.165) is 37.0 Å². The Morgan fingerprint density at radius 2 is 1.65 bits per heavy atom. The Morgan fingerprint density at radius 3 is 2.32 bits per heavy atom. The van der Waals surface area contributed by atoms with Crippen LogP contribution in [0, 0.1) is 0 Å². The van der Waals surface area contributed by atoms with Crippen LogP contribution >= 0.6 is 0 Å². The molecular formula is C28H37N5O. The van der Waals surface area contributed by atoms with E-state index in [1.807, 2.05) is 18.2 Å². The second-order valence-electron chi connectivity index (χ2n) is 10.1. The lowest BCUT2D eigenvalue weighted by Gasteiger charge is -2.48. The minimum Gasteiger partial charge on any atom is -0.320 e.